The van der Waals surface area contributed by atoms with Gasteiger partial charge in [0.2, 0.25) is 0 Å². The summed E-state index contributed by atoms with van der Waals surface area (Å²) in [5.41, 5.74) is 17.2. The predicted molar refractivity (Wildman–Crippen MR) is 265 cm³/mol. The van der Waals surface area contributed by atoms with Crippen LogP contribution in [0.15, 0.2) is 259 Å². The number of para-hydroxylation sites is 3. The predicted octanol–water partition coefficient (Wildman–Crippen LogP) is 16.8. The Balaban J connectivity index is 0.882. The second-order valence-corrected chi connectivity index (χ2v) is 17.5. The maximum Gasteiger partial charge on any atom is 0.132 e. The molecule has 0 bridgehead atoms. The highest BCUT2D eigenvalue weighted by Crippen LogP contribution is 2.61. The smallest absolute Gasteiger partial charge is 0.132 e. The lowest BCUT2D eigenvalue weighted by Gasteiger charge is -2.45. The number of anilines is 3. The minimum Gasteiger partial charge on any atom is -0.457 e. The molecule has 1 spiro atoms. The number of rotatable bonds is 7. The van der Waals surface area contributed by atoms with E-state index in [1.165, 1.54) is 71.0 Å². The lowest BCUT2D eigenvalue weighted by molar-refractivity contribution is 0.431. The Hall–Kier alpha value is -7.85. The van der Waals surface area contributed by atoms with Crippen molar-refractivity contribution in [3.63, 3.8) is 0 Å². The van der Waals surface area contributed by atoms with Gasteiger partial charge in [0, 0.05) is 38.0 Å². The van der Waals surface area contributed by atoms with Crippen molar-refractivity contribution in [2.45, 2.75) is 15.2 Å². The van der Waals surface area contributed by atoms with Crippen LogP contribution in [-0.4, -0.2) is 0 Å². The summed E-state index contributed by atoms with van der Waals surface area (Å²) in [5.74, 6) is 1.80. The van der Waals surface area contributed by atoms with E-state index in [9.17, 15) is 0 Å². The normalized spacial score (nSPS) is 12.9. The van der Waals surface area contributed by atoms with Crippen LogP contribution < -0.4 is 9.64 Å². The Morgan fingerprint density at radius 1 is 0.281 bits per heavy atom. The average molecular weight is 836 g/mol. The molecule has 2 heterocycles. The standard InChI is InChI=1S/C61H41NOS/c1-3-14-42(15-4-1)43-26-28-44(29-27-43)45-34-37-51(38-35-45)62(50-17-5-2-6-18-50)52-19-13-16-48(40-52)46-30-32-47(33-31-46)49-36-39-60-56(41-49)61(55-22-9-12-25-59(55)64-60)53-20-7-10-23-57(53)63-58-24-11-8-21-54(58)61/h1-41H. The first kappa shape index (κ1) is 37.9. The number of hydrogen-bond acceptors (Lipinski definition) is 3. The van der Waals surface area contributed by atoms with Gasteiger partial charge in [0.25, 0.3) is 0 Å². The highest BCUT2D eigenvalue weighted by Gasteiger charge is 2.49. The average Bonchev–Trinajstić information content (AvgIpc) is 3.37. The molecule has 0 aromatic heterocycles. The van der Waals surface area contributed by atoms with Crippen molar-refractivity contribution in [2.24, 2.45) is 0 Å². The maximum absolute atomic E-state index is 6.61. The Morgan fingerprint density at radius 3 is 1.31 bits per heavy atom. The first-order valence-corrected chi connectivity index (χ1v) is 22.6. The van der Waals surface area contributed by atoms with Crippen LogP contribution in [0.25, 0.3) is 44.5 Å². The highest BCUT2D eigenvalue weighted by atomic mass is 32.2. The van der Waals surface area contributed by atoms with E-state index in [0.717, 1.165) is 34.1 Å². The number of fused-ring (bicyclic) bond motifs is 8. The first-order chi connectivity index (χ1) is 31.7. The highest BCUT2D eigenvalue weighted by molar-refractivity contribution is 7.99. The Morgan fingerprint density at radius 2 is 0.688 bits per heavy atom. The van der Waals surface area contributed by atoms with Gasteiger partial charge in [-0.1, -0.05) is 194 Å². The molecular formula is C61H41NOS. The lowest BCUT2D eigenvalue weighted by atomic mass is 9.63. The van der Waals surface area contributed by atoms with Crippen LogP contribution in [0.4, 0.5) is 17.1 Å². The molecule has 64 heavy (non-hydrogen) atoms. The molecule has 302 valence electrons. The minimum absolute atomic E-state index is 0.530. The molecule has 10 aromatic rings. The van der Waals surface area contributed by atoms with Crippen molar-refractivity contribution in [1.29, 1.82) is 0 Å². The zero-order valence-electron chi connectivity index (χ0n) is 34.9. The summed E-state index contributed by atoms with van der Waals surface area (Å²) in [6.45, 7) is 0. The fourth-order valence-corrected chi connectivity index (χ4v) is 11.0. The summed E-state index contributed by atoms with van der Waals surface area (Å²) in [7, 11) is 0. The molecule has 0 unspecified atom stereocenters. The van der Waals surface area contributed by atoms with Gasteiger partial charge in [0.05, 0.1) is 5.41 Å². The van der Waals surface area contributed by atoms with Gasteiger partial charge in [-0.2, -0.15) is 0 Å². The zero-order chi connectivity index (χ0) is 42.5. The summed E-state index contributed by atoms with van der Waals surface area (Å²) in [6.07, 6.45) is 0. The van der Waals surface area contributed by atoms with Crippen LogP contribution >= 0.6 is 11.8 Å². The molecular weight excluding hydrogens is 795 g/mol. The monoisotopic (exact) mass is 835 g/mol. The molecule has 0 N–H and O–H groups in total. The number of nitrogens with zero attached hydrogens (tertiary/aromatic N) is 1. The van der Waals surface area contributed by atoms with Crippen molar-refractivity contribution < 1.29 is 4.74 Å². The molecule has 0 fully saturated rings. The Bertz CT molecular complexity index is 3200. The third kappa shape index (κ3) is 6.44. The van der Waals surface area contributed by atoms with Crippen LogP contribution in [-0.2, 0) is 5.41 Å². The van der Waals surface area contributed by atoms with Crippen molar-refractivity contribution in [2.75, 3.05) is 4.90 Å². The van der Waals surface area contributed by atoms with E-state index in [4.69, 9.17) is 4.74 Å². The van der Waals surface area contributed by atoms with Gasteiger partial charge in [0.1, 0.15) is 11.5 Å². The van der Waals surface area contributed by atoms with Crippen LogP contribution in [0.5, 0.6) is 11.5 Å². The number of ether oxygens (including phenoxy) is 1. The zero-order valence-corrected chi connectivity index (χ0v) is 35.8. The van der Waals surface area contributed by atoms with E-state index < -0.39 is 5.41 Å². The second kappa shape index (κ2) is 15.8. The lowest BCUT2D eigenvalue weighted by Crippen LogP contribution is -2.36. The Kier molecular flexibility index (Phi) is 9.35. The molecule has 0 amide bonds. The van der Waals surface area contributed by atoms with Gasteiger partial charge in [-0.25, -0.2) is 0 Å². The molecule has 10 aromatic carbocycles. The molecule has 3 heteroatoms. The molecule has 12 rings (SSSR count). The summed E-state index contributed by atoms with van der Waals surface area (Å²) in [6, 6.07) is 89.9. The topological polar surface area (TPSA) is 12.5 Å². The summed E-state index contributed by atoms with van der Waals surface area (Å²) in [5, 5.41) is 0. The van der Waals surface area contributed by atoms with Crippen LogP contribution in [0.3, 0.4) is 0 Å². The maximum atomic E-state index is 6.61. The molecule has 0 atom stereocenters. The third-order valence-electron chi connectivity index (χ3n) is 12.8. The van der Waals surface area contributed by atoms with Crippen molar-refractivity contribution in [3.05, 3.63) is 271 Å². The number of hydrogen-bond donors (Lipinski definition) is 0. The van der Waals surface area contributed by atoms with E-state index in [-0.39, 0.29) is 0 Å². The van der Waals surface area contributed by atoms with Crippen molar-refractivity contribution in [1.82, 2.24) is 0 Å². The third-order valence-corrected chi connectivity index (χ3v) is 14.0. The molecule has 0 saturated heterocycles. The quantitative estimate of drug-likeness (QED) is 0.159. The summed E-state index contributed by atoms with van der Waals surface area (Å²) < 4.78 is 6.61. The summed E-state index contributed by atoms with van der Waals surface area (Å²) >= 11 is 1.86. The Labute approximate surface area is 378 Å². The van der Waals surface area contributed by atoms with Crippen molar-refractivity contribution >= 4 is 28.8 Å². The largest absolute Gasteiger partial charge is 0.457 e. The van der Waals surface area contributed by atoms with Crippen LogP contribution in [0.1, 0.15) is 22.3 Å². The number of benzene rings is 10. The molecule has 2 nitrogen and oxygen atoms in total. The van der Waals surface area contributed by atoms with E-state index in [1.54, 1.807) is 0 Å². The van der Waals surface area contributed by atoms with E-state index in [0.29, 0.717) is 0 Å². The van der Waals surface area contributed by atoms with Gasteiger partial charge < -0.3 is 9.64 Å². The van der Waals surface area contributed by atoms with Gasteiger partial charge in [-0.05, 0) is 122 Å². The first-order valence-electron chi connectivity index (χ1n) is 21.8. The van der Waals surface area contributed by atoms with E-state index in [1.807, 2.05) is 11.8 Å². The molecule has 2 aliphatic heterocycles. The van der Waals surface area contributed by atoms with Crippen LogP contribution in [0.2, 0.25) is 0 Å². The SMILES string of the molecule is c1ccc(-c2ccc(-c3ccc(N(c4ccccc4)c4cccc(-c5ccc(-c6ccc7c(c6)C6(c8ccccc8Oc8ccccc86)c6ccccc6S7)cc5)c4)cc3)cc2)cc1. The molecule has 2 aliphatic rings. The van der Waals surface area contributed by atoms with E-state index >= 15 is 0 Å². The fourth-order valence-electron chi connectivity index (χ4n) is 9.79. The van der Waals surface area contributed by atoms with Gasteiger partial charge in [-0.15, -0.1) is 0 Å². The molecule has 0 aliphatic carbocycles. The molecule has 0 radical (unpaired) electrons. The molecule has 0 saturated carbocycles. The summed E-state index contributed by atoms with van der Waals surface area (Å²) in [4.78, 5) is 4.87. The van der Waals surface area contributed by atoms with Gasteiger partial charge >= 0.3 is 0 Å². The fraction of sp³-hybridized carbons (Fsp3) is 0.0164. The van der Waals surface area contributed by atoms with Gasteiger partial charge in [0.15, 0.2) is 0 Å². The van der Waals surface area contributed by atoms with E-state index in [2.05, 4.69) is 254 Å². The van der Waals surface area contributed by atoms with Crippen molar-refractivity contribution in [3.8, 4) is 56.0 Å². The van der Waals surface area contributed by atoms with Gasteiger partial charge in [-0.3, -0.25) is 0 Å². The van der Waals surface area contributed by atoms with Crippen LogP contribution in [0, 0.1) is 0 Å². The minimum atomic E-state index is -0.530. The second-order valence-electron chi connectivity index (χ2n) is 16.4.